The Labute approximate surface area is 73.6 Å². The minimum atomic E-state index is 0.0793. The lowest BCUT2D eigenvalue weighted by atomic mass is 9.73. The van der Waals surface area contributed by atoms with E-state index >= 15 is 0 Å². The average Bonchev–Trinajstić information content (AvgIpc) is 2.79. The van der Waals surface area contributed by atoms with Crippen molar-refractivity contribution in [2.24, 2.45) is 11.8 Å². The standard InChI is InChI=1S/C9H18N2O/c1-12-9(5-2-6-9)8(11-10)7-3-4-7/h7-8,11H,2-6,10H2,1H3. The Balaban J connectivity index is 2.01. The van der Waals surface area contributed by atoms with Crippen LogP contribution < -0.4 is 11.3 Å². The number of hydrazine groups is 1. The molecule has 12 heavy (non-hydrogen) atoms. The number of hydrogen-bond donors (Lipinski definition) is 2. The summed E-state index contributed by atoms with van der Waals surface area (Å²) in [6.45, 7) is 0. The summed E-state index contributed by atoms with van der Waals surface area (Å²) in [4.78, 5) is 0. The van der Waals surface area contributed by atoms with Crippen LogP contribution in [0.3, 0.4) is 0 Å². The molecule has 0 aliphatic heterocycles. The monoisotopic (exact) mass is 170 g/mol. The molecule has 3 N–H and O–H groups in total. The van der Waals surface area contributed by atoms with Crippen molar-refractivity contribution >= 4 is 0 Å². The van der Waals surface area contributed by atoms with Gasteiger partial charge in [-0.2, -0.15) is 0 Å². The molecule has 0 amide bonds. The summed E-state index contributed by atoms with van der Waals surface area (Å²) in [6.07, 6.45) is 6.28. The van der Waals surface area contributed by atoms with E-state index in [0.29, 0.717) is 6.04 Å². The van der Waals surface area contributed by atoms with Crippen molar-refractivity contribution in [1.29, 1.82) is 0 Å². The summed E-state index contributed by atoms with van der Waals surface area (Å²) in [5.41, 5.74) is 3.01. The first-order valence-corrected chi connectivity index (χ1v) is 4.84. The quantitative estimate of drug-likeness (QED) is 0.484. The van der Waals surface area contributed by atoms with Gasteiger partial charge in [0.2, 0.25) is 0 Å². The first-order valence-electron chi connectivity index (χ1n) is 4.84. The molecular weight excluding hydrogens is 152 g/mol. The van der Waals surface area contributed by atoms with Crippen molar-refractivity contribution < 1.29 is 4.74 Å². The second-order valence-electron chi connectivity index (χ2n) is 4.10. The van der Waals surface area contributed by atoms with Crippen LogP contribution in [0.1, 0.15) is 32.1 Å². The van der Waals surface area contributed by atoms with Crippen molar-refractivity contribution in [3.8, 4) is 0 Å². The number of nitrogens with one attached hydrogen (secondary N) is 1. The molecule has 0 heterocycles. The summed E-state index contributed by atoms with van der Waals surface area (Å²) in [6, 6.07) is 0.399. The highest BCUT2D eigenvalue weighted by Crippen LogP contribution is 2.46. The zero-order valence-corrected chi connectivity index (χ0v) is 7.68. The highest BCUT2D eigenvalue weighted by molar-refractivity contribution is 5.04. The van der Waals surface area contributed by atoms with Crippen LogP contribution in [0.25, 0.3) is 0 Å². The van der Waals surface area contributed by atoms with Crippen molar-refractivity contribution in [3.05, 3.63) is 0 Å². The van der Waals surface area contributed by atoms with Gasteiger partial charge in [0.25, 0.3) is 0 Å². The van der Waals surface area contributed by atoms with Crippen molar-refractivity contribution in [3.63, 3.8) is 0 Å². The van der Waals surface area contributed by atoms with E-state index in [1.54, 1.807) is 0 Å². The van der Waals surface area contributed by atoms with Gasteiger partial charge in [0.1, 0.15) is 0 Å². The van der Waals surface area contributed by atoms with Gasteiger partial charge in [0.15, 0.2) is 0 Å². The first-order chi connectivity index (χ1) is 5.82. The Bertz CT molecular complexity index is 158. The Kier molecular flexibility index (Phi) is 2.10. The van der Waals surface area contributed by atoms with Crippen LogP contribution in [0.2, 0.25) is 0 Å². The van der Waals surface area contributed by atoms with Crippen molar-refractivity contribution in [2.45, 2.75) is 43.7 Å². The van der Waals surface area contributed by atoms with Crippen LogP contribution in [-0.2, 0) is 4.74 Å². The Morgan fingerprint density at radius 3 is 2.42 bits per heavy atom. The smallest absolute Gasteiger partial charge is 0.0847 e. The van der Waals surface area contributed by atoms with E-state index in [1.807, 2.05) is 7.11 Å². The van der Waals surface area contributed by atoms with Gasteiger partial charge in [-0.1, -0.05) is 0 Å². The Morgan fingerprint density at radius 2 is 2.17 bits per heavy atom. The van der Waals surface area contributed by atoms with Gasteiger partial charge in [-0.05, 0) is 38.0 Å². The third kappa shape index (κ3) is 1.16. The highest BCUT2D eigenvalue weighted by atomic mass is 16.5. The minimum Gasteiger partial charge on any atom is -0.377 e. The average molecular weight is 170 g/mol. The molecular formula is C9H18N2O. The maximum Gasteiger partial charge on any atom is 0.0847 e. The molecule has 3 nitrogen and oxygen atoms in total. The molecule has 1 atom stereocenters. The van der Waals surface area contributed by atoms with Gasteiger partial charge in [0.05, 0.1) is 11.6 Å². The maximum absolute atomic E-state index is 5.59. The molecule has 1 unspecified atom stereocenters. The molecule has 0 saturated heterocycles. The van der Waals surface area contributed by atoms with Crippen molar-refractivity contribution in [2.75, 3.05) is 7.11 Å². The molecule has 3 heteroatoms. The topological polar surface area (TPSA) is 47.3 Å². The number of hydrogen-bond acceptors (Lipinski definition) is 3. The molecule has 70 valence electrons. The first kappa shape index (κ1) is 8.48. The summed E-state index contributed by atoms with van der Waals surface area (Å²) in [5, 5.41) is 0. The zero-order valence-electron chi connectivity index (χ0n) is 7.68. The SMILES string of the molecule is COC1(C(NN)C2CC2)CCC1. The van der Waals surface area contributed by atoms with Crippen LogP contribution in [0.15, 0.2) is 0 Å². The van der Waals surface area contributed by atoms with Crippen LogP contribution in [0.4, 0.5) is 0 Å². The second kappa shape index (κ2) is 2.98. The van der Waals surface area contributed by atoms with E-state index in [1.165, 1.54) is 32.1 Å². The predicted molar refractivity (Wildman–Crippen MR) is 47.4 cm³/mol. The van der Waals surface area contributed by atoms with E-state index in [2.05, 4.69) is 5.43 Å². The molecule has 2 aliphatic carbocycles. The van der Waals surface area contributed by atoms with Crippen LogP contribution in [0, 0.1) is 5.92 Å². The van der Waals surface area contributed by atoms with Gasteiger partial charge < -0.3 is 4.74 Å². The van der Waals surface area contributed by atoms with Crippen LogP contribution >= 0.6 is 0 Å². The van der Waals surface area contributed by atoms with E-state index in [-0.39, 0.29) is 5.60 Å². The van der Waals surface area contributed by atoms with E-state index in [9.17, 15) is 0 Å². The lowest BCUT2D eigenvalue weighted by Gasteiger charge is -2.46. The van der Waals surface area contributed by atoms with Gasteiger partial charge >= 0.3 is 0 Å². The molecule has 0 aromatic rings. The molecule has 0 aromatic carbocycles. The number of ether oxygens (including phenoxy) is 1. The summed E-state index contributed by atoms with van der Waals surface area (Å²) >= 11 is 0. The number of nitrogens with two attached hydrogens (primary N) is 1. The fourth-order valence-corrected chi connectivity index (χ4v) is 2.31. The van der Waals surface area contributed by atoms with Crippen LogP contribution in [0.5, 0.6) is 0 Å². The lowest BCUT2D eigenvalue weighted by molar-refractivity contribution is -0.103. The van der Waals surface area contributed by atoms with Gasteiger partial charge in [-0.25, -0.2) is 0 Å². The van der Waals surface area contributed by atoms with E-state index < -0.39 is 0 Å². The minimum absolute atomic E-state index is 0.0793. The lowest BCUT2D eigenvalue weighted by Crippen LogP contribution is -2.59. The van der Waals surface area contributed by atoms with E-state index in [0.717, 1.165) is 5.92 Å². The Hall–Kier alpha value is -0.120. The highest BCUT2D eigenvalue weighted by Gasteiger charge is 2.50. The molecule has 2 rings (SSSR count). The molecule has 0 bridgehead atoms. The molecule has 2 fully saturated rings. The van der Waals surface area contributed by atoms with Crippen molar-refractivity contribution in [1.82, 2.24) is 5.43 Å². The summed E-state index contributed by atoms with van der Waals surface area (Å²) in [5.74, 6) is 6.33. The van der Waals surface area contributed by atoms with E-state index in [4.69, 9.17) is 10.6 Å². The third-order valence-corrected chi connectivity index (χ3v) is 3.45. The van der Waals surface area contributed by atoms with Gasteiger partial charge in [-0.3, -0.25) is 11.3 Å². The second-order valence-corrected chi connectivity index (χ2v) is 4.10. The van der Waals surface area contributed by atoms with Gasteiger partial charge in [0, 0.05) is 7.11 Å². The van der Waals surface area contributed by atoms with Gasteiger partial charge in [-0.15, -0.1) is 0 Å². The number of rotatable bonds is 4. The fourth-order valence-electron chi connectivity index (χ4n) is 2.31. The normalized spacial score (nSPS) is 29.5. The Morgan fingerprint density at radius 1 is 1.50 bits per heavy atom. The fraction of sp³-hybridized carbons (Fsp3) is 1.00. The largest absolute Gasteiger partial charge is 0.377 e. The third-order valence-electron chi connectivity index (χ3n) is 3.45. The zero-order chi connectivity index (χ0) is 8.60. The van der Waals surface area contributed by atoms with Crippen LogP contribution in [-0.4, -0.2) is 18.8 Å². The molecule has 0 spiro atoms. The molecule has 0 aromatic heterocycles. The molecule has 0 radical (unpaired) electrons. The maximum atomic E-state index is 5.59. The summed E-state index contributed by atoms with van der Waals surface area (Å²) < 4.78 is 5.59. The molecule has 2 aliphatic rings. The molecule has 2 saturated carbocycles. The predicted octanol–water partition coefficient (Wildman–Crippen LogP) is 0.797. The number of methoxy groups -OCH3 is 1. The summed E-state index contributed by atoms with van der Waals surface area (Å²) in [7, 11) is 1.81.